The van der Waals surface area contributed by atoms with Crippen molar-refractivity contribution in [1.29, 1.82) is 5.26 Å². The third-order valence-electron chi connectivity index (χ3n) is 1.35. The lowest BCUT2D eigenvalue weighted by molar-refractivity contribution is 0.690. The molecule has 0 aromatic heterocycles. The SMILES string of the molecule is CS(=O)Nc1ccc(C#N)cc1Br. The second-order valence-corrected chi connectivity index (χ2v) is 4.33. The summed E-state index contributed by atoms with van der Waals surface area (Å²) in [5, 5.41) is 8.58. The van der Waals surface area contributed by atoms with E-state index in [0.717, 1.165) is 10.2 Å². The number of rotatable bonds is 2. The van der Waals surface area contributed by atoms with Gasteiger partial charge in [0.25, 0.3) is 0 Å². The Morgan fingerprint density at radius 2 is 2.31 bits per heavy atom. The van der Waals surface area contributed by atoms with Gasteiger partial charge in [0.1, 0.15) is 11.0 Å². The lowest BCUT2D eigenvalue weighted by Crippen LogP contribution is -2.01. The summed E-state index contributed by atoms with van der Waals surface area (Å²) >= 11 is 3.27. The maximum atomic E-state index is 10.8. The molecule has 0 amide bonds. The average Bonchev–Trinajstić information content (AvgIpc) is 2.08. The zero-order chi connectivity index (χ0) is 9.84. The van der Waals surface area contributed by atoms with E-state index in [2.05, 4.69) is 20.7 Å². The van der Waals surface area contributed by atoms with Crippen molar-refractivity contribution in [1.82, 2.24) is 0 Å². The number of halogens is 1. The number of anilines is 1. The van der Waals surface area contributed by atoms with E-state index < -0.39 is 11.0 Å². The van der Waals surface area contributed by atoms with Crippen LogP contribution in [-0.2, 0) is 11.0 Å². The number of nitrogens with one attached hydrogen (secondary N) is 1. The first-order valence-corrected chi connectivity index (χ1v) is 5.78. The maximum Gasteiger partial charge on any atom is 0.113 e. The van der Waals surface area contributed by atoms with Gasteiger partial charge in [-0.25, -0.2) is 4.21 Å². The van der Waals surface area contributed by atoms with Crippen molar-refractivity contribution in [3.8, 4) is 6.07 Å². The van der Waals surface area contributed by atoms with Gasteiger partial charge in [0.05, 0.1) is 17.3 Å². The van der Waals surface area contributed by atoms with Crippen LogP contribution < -0.4 is 4.72 Å². The fraction of sp³-hybridized carbons (Fsp3) is 0.125. The lowest BCUT2D eigenvalue weighted by Gasteiger charge is -2.04. The molecule has 0 saturated carbocycles. The highest BCUT2D eigenvalue weighted by Crippen LogP contribution is 2.23. The van der Waals surface area contributed by atoms with Crippen LogP contribution in [0.15, 0.2) is 22.7 Å². The normalized spacial score (nSPS) is 11.8. The van der Waals surface area contributed by atoms with Crippen LogP contribution in [0.1, 0.15) is 5.56 Å². The molecule has 0 aliphatic rings. The molecule has 0 aliphatic heterocycles. The van der Waals surface area contributed by atoms with Crippen molar-refractivity contribution in [2.75, 3.05) is 11.0 Å². The molecule has 1 rings (SSSR count). The Kier molecular flexibility index (Phi) is 3.46. The molecule has 0 fully saturated rings. The number of nitriles is 1. The van der Waals surface area contributed by atoms with Crippen LogP contribution in [0.4, 0.5) is 5.69 Å². The summed E-state index contributed by atoms with van der Waals surface area (Å²) in [5.41, 5.74) is 1.29. The molecule has 0 saturated heterocycles. The topological polar surface area (TPSA) is 52.9 Å². The fourth-order valence-electron chi connectivity index (χ4n) is 0.822. The predicted octanol–water partition coefficient (Wildman–Crippen LogP) is 2.03. The van der Waals surface area contributed by atoms with Crippen molar-refractivity contribution in [3.63, 3.8) is 0 Å². The Balaban J connectivity index is 3.00. The molecule has 0 spiro atoms. The Bertz CT molecular complexity index is 386. The molecule has 13 heavy (non-hydrogen) atoms. The average molecular weight is 259 g/mol. The molecule has 5 heteroatoms. The van der Waals surface area contributed by atoms with E-state index in [0.29, 0.717) is 5.56 Å². The van der Waals surface area contributed by atoms with Crippen LogP contribution >= 0.6 is 15.9 Å². The Morgan fingerprint density at radius 3 is 2.77 bits per heavy atom. The monoisotopic (exact) mass is 258 g/mol. The molecule has 68 valence electrons. The molecule has 1 unspecified atom stereocenters. The van der Waals surface area contributed by atoms with Crippen LogP contribution in [-0.4, -0.2) is 10.5 Å². The van der Waals surface area contributed by atoms with Gasteiger partial charge in [0, 0.05) is 10.7 Å². The maximum absolute atomic E-state index is 10.8. The van der Waals surface area contributed by atoms with Gasteiger partial charge in [0.15, 0.2) is 0 Å². The van der Waals surface area contributed by atoms with Crippen LogP contribution in [0.3, 0.4) is 0 Å². The van der Waals surface area contributed by atoms with Crippen molar-refractivity contribution >= 4 is 32.6 Å². The Morgan fingerprint density at radius 1 is 1.62 bits per heavy atom. The van der Waals surface area contributed by atoms with Crippen molar-refractivity contribution in [2.45, 2.75) is 0 Å². The van der Waals surface area contributed by atoms with Gasteiger partial charge in [-0.15, -0.1) is 0 Å². The smallest absolute Gasteiger partial charge is 0.113 e. The van der Waals surface area contributed by atoms with Crippen LogP contribution in [0.25, 0.3) is 0 Å². The summed E-state index contributed by atoms with van der Waals surface area (Å²) in [6.45, 7) is 0. The van der Waals surface area contributed by atoms with Crippen LogP contribution in [0.5, 0.6) is 0 Å². The minimum atomic E-state index is -1.10. The van der Waals surface area contributed by atoms with Gasteiger partial charge in [0.2, 0.25) is 0 Å². The molecule has 0 aliphatic carbocycles. The van der Waals surface area contributed by atoms with Gasteiger partial charge < -0.3 is 4.72 Å². The molecule has 1 aromatic carbocycles. The van der Waals surface area contributed by atoms with Crippen LogP contribution in [0, 0.1) is 11.3 Å². The minimum absolute atomic E-state index is 0.569. The lowest BCUT2D eigenvalue weighted by atomic mass is 10.2. The highest BCUT2D eigenvalue weighted by atomic mass is 79.9. The summed E-state index contributed by atoms with van der Waals surface area (Å²) in [5.74, 6) is 0. The minimum Gasteiger partial charge on any atom is -0.304 e. The second kappa shape index (κ2) is 4.40. The van der Waals surface area contributed by atoms with E-state index in [1.165, 1.54) is 0 Å². The third kappa shape index (κ3) is 2.83. The van der Waals surface area contributed by atoms with Gasteiger partial charge in [-0.05, 0) is 34.1 Å². The third-order valence-corrected chi connectivity index (χ3v) is 2.52. The number of hydrogen-bond donors (Lipinski definition) is 1. The quantitative estimate of drug-likeness (QED) is 0.883. The first-order valence-electron chi connectivity index (χ1n) is 3.43. The zero-order valence-electron chi connectivity index (χ0n) is 6.87. The standard InChI is InChI=1S/C8H7BrN2OS/c1-13(12)11-8-3-2-6(5-10)4-7(8)9/h2-4,11H,1H3. The van der Waals surface area contributed by atoms with E-state index in [9.17, 15) is 4.21 Å². The van der Waals surface area contributed by atoms with Gasteiger partial charge in [-0.3, -0.25) is 0 Å². The Labute approximate surface area is 87.5 Å². The van der Waals surface area contributed by atoms with E-state index in [1.807, 2.05) is 6.07 Å². The van der Waals surface area contributed by atoms with Crippen LogP contribution in [0.2, 0.25) is 0 Å². The van der Waals surface area contributed by atoms with E-state index in [4.69, 9.17) is 5.26 Å². The number of nitrogens with zero attached hydrogens (tertiary/aromatic N) is 1. The second-order valence-electron chi connectivity index (χ2n) is 2.36. The summed E-state index contributed by atoms with van der Waals surface area (Å²) in [4.78, 5) is 0. The fourth-order valence-corrected chi connectivity index (χ4v) is 1.92. The zero-order valence-corrected chi connectivity index (χ0v) is 9.28. The largest absolute Gasteiger partial charge is 0.304 e. The van der Waals surface area contributed by atoms with Gasteiger partial charge in [-0.1, -0.05) is 0 Å². The Hall–Kier alpha value is -0.860. The summed E-state index contributed by atoms with van der Waals surface area (Å²) < 4.78 is 14.3. The molecular weight excluding hydrogens is 252 g/mol. The molecule has 3 nitrogen and oxygen atoms in total. The number of hydrogen-bond acceptors (Lipinski definition) is 2. The summed E-state index contributed by atoms with van der Waals surface area (Å²) in [7, 11) is -1.10. The van der Waals surface area contributed by atoms with Crippen molar-refractivity contribution < 1.29 is 4.21 Å². The van der Waals surface area contributed by atoms with Crippen molar-refractivity contribution in [2.24, 2.45) is 0 Å². The highest BCUT2D eigenvalue weighted by molar-refractivity contribution is 9.10. The first-order chi connectivity index (χ1) is 6.13. The predicted molar refractivity (Wildman–Crippen MR) is 56.5 cm³/mol. The van der Waals surface area contributed by atoms with Gasteiger partial charge >= 0.3 is 0 Å². The van der Waals surface area contributed by atoms with Crippen molar-refractivity contribution in [3.05, 3.63) is 28.2 Å². The molecule has 0 heterocycles. The highest BCUT2D eigenvalue weighted by Gasteiger charge is 2.01. The van der Waals surface area contributed by atoms with E-state index >= 15 is 0 Å². The van der Waals surface area contributed by atoms with Gasteiger partial charge in [-0.2, -0.15) is 5.26 Å². The molecule has 1 aromatic rings. The summed E-state index contributed by atoms with van der Waals surface area (Å²) in [6.07, 6.45) is 1.55. The molecule has 0 radical (unpaired) electrons. The summed E-state index contributed by atoms with van der Waals surface area (Å²) in [6, 6.07) is 7.07. The first kappa shape index (κ1) is 10.2. The van der Waals surface area contributed by atoms with E-state index in [-0.39, 0.29) is 0 Å². The number of benzene rings is 1. The molecular formula is C8H7BrN2OS. The van der Waals surface area contributed by atoms with E-state index in [1.54, 1.807) is 24.5 Å². The molecule has 1 N–H and O–H groups in total. The molecule has 1 atom stereocenters. The molecule has 0 bridgehead atoms.